The molecule has 0 spiro atoms. The van der Waals surface area contributed by atoms with E-state index >= 15 is 0 Å². The number of amidine groups is 1. The summed E-state index contributed by atoms with van der Waals surface area (Å²) in [5.41, 5.74) is 5.03. The number of halogens is 1. The minimum atomic E-state index is -0.231. The number of rotatable bonds is 3. The monoisotopic (exact) mass is 285 g/mol. The van der Waals surface area contributed by atoms with Crippen molar-refractivity contribution < 1.29 is 9.13 Å². The highest BCUT2D eigenvalue weighted by molar-refractivity contribution is 5.89. The SMILES string of the molecule is COc1ccc(N=C2CCN(c3ccc(F)cc3)N2)cc1. The van der Waals surface area contributed by atoms with Crippen molar-refractivity contribution in [1.82, 2.24) is 5.43 Å². The van der Waals surface area contributed by atoms with E-state index in [4.69, 9.17) is 4.74 Å². The Morgan fingerprint density at radius 2 is 1.81 bits per heavy atom. The van der Waals surface area contributed by atoms with Crippen LogP contribution < -0.4 is 15.2 Å². The Balaban J connectivity index is 1.70. The fraction of sp³-hybridized carbons (Fsp3) is 0.188. The van der Waals surface area contributed by atoms with Crippen LogP contribution in [0.5, 0.6) is 5.75 Å². The van der Waals surface area contributed by atoms with Crippen molar-refractivity contribution in [3.8, 4) is 5.75 Å². The predicted octanol–water partition coefficient (Wildman–Crippen LogP) is 3.28. The summed E-state index contributed by atoms with van der Waals surface area (Å²) in [6.07, 6.45) is 0.823. The Kier molecular flexibility index (Phi) is 3.73. The summed E-state index contributed by atoms with van der Waals surface area (Å²) in [6.45, 7) is 0.806. The van der Waals surface area contributed by atoms with Crippen LogP contribution in [-0.2, 0) is 0 Å². The normalized spacial score (nSPS) is 16.1. The Morgan fingerprint density at radius 1 is 1.10 bits per heavy atom. The first-order valence-electron chi connectivity index (χ1n) is 6.76. The highest BCUT2D eigenvalue weighted by atomic mass is 19.1. The third-order valence-corrected chi connectivity index (χ3v) is 3.31. The summed E-state index contributed by atoms with van der Waals surface area (Å²) in [5, 5.41) is 1.96. The molecule has 0 radical (unpaired) electrons. The number of methoxy groups -OCH3 is 1. The minimum Gasteiger partial charge on any atom is -0.497 e. The third-order valence-electron chi connectivity index (χ3n) is 3.31. The Bertz CT molecular complexity index is 638. The Labute approximate surface area is 122 Å². The van der Waals surface area contributed by atoms with Gasteiger partial charge < -0.3 is 4.74 Å². The molecule has 21 heavy (non-hydrogen) atoms. The summed E-state index contributed by atoms with van der Waals surface area (Å²) >= 11 is 0. The van der Waals surface area contributed by atoms with Crippen molar-refractivity contribution in [2.24, 2.45) is 4.99 Å². The van der Waals surface area contributed by atoms with E-state index in [-0.39, 0.29) is 5.82 Å². The van der Waals surface area contributed by atoms with Gasteiger partial charge in [-0.2, -0.15) is 0 Å². The summed E-state index contributed by atoms with van der Waals surface area (Å²) in [5.74, 6) is 1.47. The zero-order valence-electron chi connectivity index (χ0n) is 11.7. The summed E-state index contributed by atoms with van der Waals surface area (Å²) in [4.78, 5) is 4.56. The quantitative estimate of drug-likeness (QED) is 0.940. The van der Waals surface area contributed by atoms with Crippen LogP contribution in [0.1, 0.15) is 6.42 Å². The molecule has 1 N–H and O–H groups in total. The number of benzene rings is 2. The highest BCUT2D eigenvalue weighted by Crippen LogP contribution is 2.20. The molecule has 0 amide bonds. The maximum absolute atomic E-state index is 12.9. The van der Waals surface area contributed by atoms with Crippen molar-refractivity contribution in [3.63, 3.8) is 0 Å². The fourth-order valence-electron chi connectivity index (χ4n) is 2.19. The van der Waals surface area contributed by atoms with E-state index in [9.17, 15) is 4.39 Å². The average Bonchev–Trinajstić information content (AvgIpc) is 2.97. The number of nitrogens with zero attached hydrogens (tertiary/aromatic N) is 2. The van der Waals surface area contributed by atoms with Crippen LogP contribution in [0, 0.1) is 5.82 Å². The largest absolute Gasteiger partial charge is 0.497 e. The molecule has 0 aliphatic carbocycles. The third kappa shape index (κ3) is 3.13. The summed E-state index contributed by atoms with van der Waals surface area (Å²) < 4.78 is 18.0. The molecule has 0 unspecified atom stereocenters. The first kappa shape index (κ1) is 13.4. The maximum Gasteiger partial charge on any atom is 0.123 e. The van der Waals surface area contributed by atoms with Crippen LogP contribution in [0.25, 0.3) is 0 Å². The lowest BCUT2D eigenvalue weighted by molar-refractivity contribution is 0.415. The topological polar surface area (TPSA) is 36.9 Å². The first-order chi connectivity index (χ1) is 10.2. The first-order valence-corrected chi connectivity index (χ1v) is 6.76. The Morgan fingerprint density at radius 3 is 2.48 bits per heavy atom. The molecule has 0 atom stereocenters. The molecule has 0 bridgehead atoms. The van der Waals surface area contributed by atoms with Gasteiger partial charge in [-0.25, -0.2) is 9.38 Å². The molecule has 1 fully saturated rings. The van der Waals surface area contributed by atoms with Crippen molar-refractivity contribution in [1.29, 1.82) is 0 Å². The Hall–Kier alpha value is -2.56. The lowest BCUT2D eigenvalue weighted by Crippen LogP contribution is -2.32. The molecule has 0 aromatic heterocycles. The summed E-state index contributed by atoms with van der Waals surface area (Å²) in [7, 11) is 1.64. The average molecular weight is 285 g/mol. The van der Waals surface area contributed by atoms with E-state index in [1.54, 1.807) is 19.2 Å². The smallest absolute Gasteiger partial charge is 0.123 e. The number of aliphatic imine (C=N–C) groups is 1. The van der Waals surface area contributed by atoms with Gasteiger partial charge in [-0.15, -0.1) is 0 Å². The summed E-state index contributed by atoms with van der Waals surface area (Å²) in [6, 6.07) is 14.0. The molecule has 2 aromatic rings. The molecule has 1 heterocycles. The molecular formula is C16H16FN3O. The van der Waals surface area contributed by atoms with E-state index < -0.39 is 0 Å². The molecule has 1 aliphatic heterocycles. The number of hydrogen-bond donors (Lipinski definition) is 1. The van der Waals surface area contributed by atoms with Gasteiger partial charge in [0.1, 0.15) is 17.4 Å². The number of nitrogens with one attached hydrogen (secondary N) is 1. The van der Waals surface area contributed by atoms with E-state index in [1.807, 2.05) is 29.3 Å². The molecule has 5 heteroatoms. The highest BCUT2D eigenvalue weighted by Gasteiger charge is 2.17. The van der Waals surface area contributed by atoms with Crippen LogP contribution in [0.3, 0.4) is 0 Å². The van der Waals surface area contributed by atoms with Crippen molar-refractivity contribution in [2.75, 3.05) is 18.7 Å². The standard InChI is InChI=1S/C16H16FN3O/c1-21-15-8-4-13(5-9-15)18-16-10-11-20(19-16)14-6-2-12(17)3-7-14/h2-9H,10-11H2,1H3,(H,18,19). The zero-order valence-corrected chi connectivity index (χ0v) is 11.7. The second-order valence-electron chi connectivity index (χ2n) is 4.75. The van der Waals surface area contributed by atoms with Gasteiger partial charge >= 0.3 is 0 Å². The van der Waals surface area contributed by atoms with Gasteiger partial charge in [0, 0.05) is 13.0 Å². The second-order valence-corrected chi connectivity index (χ2v) is 4.75. The van der Waals surface area contributed by atoms with E-state index in [2.05, 4.69) is 10.4 Å². The molecule has 1 saturated heterocycles. The van der Waals surface area contributed by atoms with Gasteiger partial charge in [0.05, 0.1) is 18.5 Å². The molecule has 4 nitrogen and oxygen atoms in total. The van der Waals surface area contributed by atoms with Crippen molar-refractivity contribution in [3.05, 3.63) is 54.3 Å². The molecule has 3 rings (SSSR count). The van der Waals surface area contributed by atoms with Gasteiger partial charge in [-0.1, -0.05) is 0 Å². The minimum absolute atomic E-state index is 0.231. The zero-order chi connectivity index (χ0) is 14.7. The van der Waals surface area contributed by atoms with Crippen LogP contribution in [0.4, 0.5) is 15.8 Å². The van der Waals surface area contributed by atoms with Crippen molar-refractivity contribution in [2.45, 2.75) is 6.42 Å². The molecule has 2 aromatic carbocycles. The van der Waals surface area contributed by atoms with E-state index in [0.717, 1.165) is 35.9 Å². The number of ether oxygens (including phenoxy) is 1. The van der Waals surface area contributed by atoms with Crippen LogP contribution in [-0.4, -0.2) is 19.5 Å². The second kappa shape index (κ2) is 5.83. The number of hydrogen-bond acceptors (Lipinski definition) is 3. The molecule has 108 valence electrons. The van der Waals surface area contributed by atoms with Gasteiger partial charge in [0.25, 0.3) is 0 Å². The van der Waals surface area contributed by atoms with Gasteiger partial charge in [0.2, 0.25) is 0 Å². The van der Waals surface area contributed by atoms with Crippen LogP contribution in [0.2, 0.25) is 0 Å². The van der Waals surface area contributed by atoms with E-state index in [1.165, 1.54) is 12.1 Å². The number of anilines is 1. The lowest BCUT2D eigenvalue weighted by atomic mass is 10.3. The lowest BCUT2D eigenvalue weighted by Gasteiger charge is -2.17. The molecular weight excluding hydrogens is 269 g/mol. The van der Waals surface area contributed by atoms with Gasteiger partial charge in [-0.05, 0) is 48.5 Å². The maximum atomic E-state index is 12.9. The molecule has 1 aliphatic rings. The van der Waals surface area contributed by atoms with Crippen LogP contribution >= 0.6 is 0 Å². The number of hydrazine groups is 1. The van der Waals surface area contributed by atoms with Crippen LogP contribution in [0.15, 0.2) is 53.5 Å². The van der Waals surface area contributed by atoms with Gasteiger partial charge in [-0.3, -0.25) is 10.4 Å². The van der Waals surface area contributed by atoms with E-state index in [0.29, 0.717) is 0 Å². The predicted molar refractivity (Wildman–Crippen MR) is 81.6 cm³/mol. The van der Waals surface area contributed by atoms with Gasteiger partial charge in [0.15, 0.2) is 0 Å². The fourth-order valence-corrected chi connectivity index (χ4v) is 2.19. The van der Waals surface area contributed by atoms with Crippen molar-refractivity contribution >= 4 is 17.2 Å². The molecule has 0 saturated carbocycles.